The SMILES string of the molecule is CCCCCCCCCCCCCCCCCCCCCCCCCCCCCCCCCCCCCC(=O)OC(CO)COC(=O)CCCCCCCCCCCCCCCCCCCCC. The van der Waals surface area contributed by atoms with Gasteiger partial charge in [0.2, 0.25) is 0 Å². The summed E-state index contributed by atoms with van der Waals surface area (Å²) in [5, 5.41) is 9.66. The van der Waals surface area contributed by atoms with Crippen LogP contribution in [0.1, 0.15) is 373 Å². The number of hydrogen-bond acceptors (Lipinski definition) is 5. The first-order chi connectivity index (χ1) is 33.6. The van der Waals surface area contributed by atoms with Crippen LogP contribution in [0.15, 0.2) is 0 Å². The third-order valence-electron chi connectivity index (χ3n) is 14.9. The minimum Gasteiger partial charge on any atom is -0.462 e. The van der Waals surface area contributed by atoms with Gasteiger partial charge >= 0.3 is 11.9 Å². The predicted molar refractivity (Wildman–Crippen MR) is 298 cm³/mol. The van der Waals surface area contributed by atoms with E-state index in [1.807, 2.05) is 0 Å². The molecule has 1 N–H and O–H groups in total. The average Bonchev–Trinajstić information content (AvgIpc) is 3.34. The summed E-state index contributed by atoms with van der Waals surface area (Å²) in [6.07, 6.45) is 74.1. The van der Waals surface area contributed by atoms with E-state index >= 15 is 0 Å². The Morgan fingerprint density at radius 2 is 0.456 bits per heavy atom. The molecule has 0 aromatic carbocycles. The minimum atomic E-state index is -0.764. The second kappa shape index (κ2) is 60.2. The highest BCUT2D eigenvalue weighted by atomic mass is 16.6. The number of esters is 2. The molecule has 68 heavy (non-hydrogen) atoms. The molecule has 0 saturated carbocycles. The summed E-state index contributed by atoms with van der Waals surface area (Å²) < 4.78 is 10.7. The number of aliphatic hydroxyl groups is 1. The van der Waals surface area contributed by atoms with E-state index in [2.05, 4.69) is 13.8 Å². The van der Waals surface area contributed by atoms with Crippen molar-refractivity contribution in [2.75, 3.05) is 13.2 Å². The highest BCUT2D eigenvalue weighted by molar-refractivity contribution is 5.70. The fourth-order valence-corrected chi connectivity index (χ4v) is 10.2. The lowest BCUT2D eigenvalue weighted by atomic mass is 10.0. The number of hydrogen-bond donors (Lipinski definition) is 1. The standard InChI is InChI=1S/C63H124O5/c1-3-5-7-9-11-13-15-17-19-21-23-24-25-26-27-28-29-30-31-32-33-34-35-36-37-38-40-42-44-46-48-50-52-54-56-58-63(66)68-61(59-64)60-67-62(65)57-55-53-51-49-47-45-43-41-39-22-20-18-16-14-12-10-8-6-4-2/h61,64H,3-60H2,1-2H3. The molecule has 5 nitrogen and oxygen atoms in total. The fourth-order valence-electron chi connectivity index (χ4n) is 10.2. The van der Waals surface area contributed by atoms with E-state index in [9.17, 15) is 14.7 Å². The molecule has 0 saturated heterocycles. The van der Waals surface area contributed by atoms with Crippen molar-refractivity contribution in [3.63, 3.8) is 0 Å². The van der Waals surface area contributed by atoms with Crippen LogP contribution in [-0.4, -0.2) is 36.4 Å². The maximum absolute atomic E-state index is 12.3. The molecule has 1 unspecified atom stereocenters. The van der Waals surface area contributed by atoms with Crippen LogP contribution in [0.3, 0.4) is 0 Å². The highest BCUT2D eigenvalue weighted by Gasteiger charge is 2.16. The van der Waals surface area contributed by atoms with Gasteiger partial charge in [0.25, 0.3) is 0 Å². The Labute approximate surface area is 427 Å². The Kier molecular flexibility index (Phi) is 59.2. The van der Waals surface area contributed by atoms with Gasteiger partial charge in [-0.05, 0) is 12.8 Å². The summed E-state index contributed by atoms with van der Waals surface area (Å²) in [6, 6.07) is 0. The second-order valence-electron chi connectivity index (χ2n) is 21.9. The topological polar surface area (TPSA) is 72.8 Å². The molecule has 0 aromatic rings. The Balaban J connectivity index is 3.35. The van der Waals surface area contributed by atoms with E-state index in [0.717, 1.165) is 32.1 Å². The van der Waals surface area contributed by atoms with Crippen LogP contribution in [-0.2, 0) is 19.1 Å². The van der Waals surface area contributed by atoms with Gasteiger partial charge in [0, 0.05) is 12.8 Å². The predicted octanol–water partition coefficient (Wildman–Crippen LogP) is 21.3. The molecule has 1 atom stereocenters. The molecule has 0 fully saturated rings. The van der Waals surface area contributed by atoms with Crippen molar-refractivity contribution >= 4 is 11.9 Å². The summed E-state index contributed by atoms with van der Waals surface area (Å²) in [6.45, 7) is 4.21. The van der Waals surface area contributed by atoms with Gasteiger partial charge < -0.3 is 14.6 Å². The van der Waals surface area contributed by atoms with Crippen molar-refractivity contribution in [3.05, 3.63) is 0 Å². The molecule has 0 aromatic heterocycles. The normalized spacial score (nSPS) is 12.0. The highest BCUT2D eigenvalue weighted by Crippen LogP contribution is 2.19. The third kappa shape index (κ3) is 57.5. The fraction of sp³-hybridized carbons (Fsp3) is 0.968. The Morgan fingerprint density at radius 1 is 0.279 bits per heavy atom. The van der Waals surface area contributed by atoms with Crippen LogP contribution in [0.4, 0.5) is 0 Å². The third-order valence-corrected chi connectivity index (χ3v) is 14.9. The number of unbranched alkanes of at least 4 members (excludes halogenated alkanes) is 52. The first kappa shape index (κ1) is 66.9. The van der Waals surface area contributed by atoms with E-state index in [1.165, 1.54) is 315 Å². The van der Waals surface area contributed by atoms with E-state index in [0.29, 0.717) is 12.8 Å². The molecule has 0 aliphatic rings. The zero-order chi connectivity index (χ0) is 49.2. The van der Waals surface area contributed by atoms with E-state index in [1.54, 1.807) is 0 Å². The van der Waals surface area contributed by atoms with Crippen molar-refractivity contribution in [2.24, 2.45) is 0 Å². The molecule has 0 spiro atoms. The lowest BCUT2D eigenvalue weighted by molar-refractivity contribution is -0.161. The molecule has 0 aliphatic carbocycles. The molecule has 0 aliphatic heterocycles. The van der Waals surface area contributed by atoms with Crippen LogP contribution in [0.25, 0.3) is 0 Å². The van der Waals surface area contributed by atoms with Crippen LogP contribution < -0.4 is 0 Å². The van der Waals surface area contributed by atoms with Crippen molar-refractivity contribution < 1.29 is 24.2 Å². The Morgan fingerprint density at radius 3 is 0.647 bits per heavy atom. The summed E-state index contributed by atoms with van der Waals surface area (Å²) in [7, 11) is 0. The van der Waals surface area contributed by atoms with Gasteiger partial charge in [-0.3, -0.25) is 9.59 Å². The molecule has 0 amide bonds. The number of carbonyl (C=O) groups excluding carboxylic acids is 2. The molecule has 0 bridgehead atoms. The van der Waals surface area contributed by atoms with Gasteiger partial charge in [0.15, 0.2) is 6.10 Å². The van der Waals surface area contributed by atoms with Crippen molar-refractivity contribution in [3.8, 4) is 0 Å². The molecular formula is C63H124O5. The summed E-state index contributed by atoms with van der Waals surface area (Å²) in [5.41, 5.74) is 0. The van der Waals surface area contributed by atoms with Crippen LogP contribution >= 0.6 is 0 Å². The van der Waals surface area contributed by atoms with Crippen LogP contribution in [0, 0.1) is 0 Å². The smallest absolute Gasteiger partial charge is 0.306 e. The van der Waals surface area contributed by atoms with Gasteiger partial charge in [0.1, 0.15) is 6.61 Å². The zero-order valence-electron chi connectivity index (χ0n) is 46.7. The van der Waals surface area contributed by atoms with Crippen LogP contribution in [0.5, 0.6) is 0 Å². The monoisotopic (exact) mass is 961 g/mol. The van der Waals surface area contributed by atoms with Gasteiger partial charge in [-0.25, -0.2) is 0 Å². The van der Waals surface area contributed by atoms with Gasteiger partial charge in [-0.1, -0.05) is 348 Å². The zero-order valence-corrected chi connectivity index (χ0v) is 46.7. The number of aliphatic hydroxyl groups excluding tert-OH is 1. The summed E-state index contributed by atoms with van der Waals surface area (Å²) in [4.78, 5) is 24.5. The van der Waals surface area contributed by atoms with Crippen molar-refractivity contribution in [1.29, 1.82) is 0 Å². The quantitative estimate of drug-likeness (QED) is 0.0486. The average molecular weight is 962 g/mol. The number of rotatable bonds is 60. The lowest BCUT2D eigenvalue weighted by Crippen LogP contribution is -2.28. The molecule has 406 valence electrons. The number of carbonyl (C=O) groups is 2. The van der Waals surface area contributed by atoms with Crippen molar-refractivity contribution in [1.82, 2.24) is 0 Å². The molecule has 0 rings (SSSR count). The Hall–Kier alpha value is -1.10. The van der Waals surface area contributed by atoms with E-state index in [4.69, 9.17) is 9.47 Å². The second-order valence-corrected chi connectivity index (χ2v) is 21.9. The largest absolute Gasteiger partial charge is 0.462 e. The maximum atomic E-state index is 12.3. The van der Waals surface area contributed by atoms with Gasteiger partial charge in [0.05, 0.1) is 6.61 Å². The molecule has 0 heterocycles. The summed E-state index contributed by atoms with van der Waals surface area (Å²) >= 11 is 0. The van der Waals surface area contributed by atoms with Crippen molar-refractivity contribution in [2.45, 2.75) is 380 Å². The lowest BCUT2D eigenvalue weighted by Gasteiger charge is -2.15. The summed E-state index contributed by atoms with van der Waals surface area (Å²) in [5.74, 6) is -0.562. The van der Waals surface area contributed by atoms with Gasteiger partial charge in [-0.15, -0.1) is 0 Å². The molecule has 0 radical (unpaired) electrons. The Bertz CT molecular complexity index is 952. The van der Waals surface area contributed by atoms with Gasteiger partial charge in [-0.2, -0.15) is 0 Å². The molecule has 5 heteroatoms. The molecular weight excluding hydrogens is 837 g/mol. The number of ether oxygens (including phenoxy) is 2. The first-order valence-electron chi connectivity index (χ1n) is 31.6. The van der Waals surface area contributed by atoms with E-state index in [-0.39, 0.29) is 25.2 Å². The first-order valence-corrected chi connectivity index (χ1v) is 31.6. The minimum absolute atomic E-state index is 0.0557. The maximum Gasteiger partial charge on any atom is 0.306 e. The van der Waals surface area contributed by atoms with E-state index < -0.39 is 6.10 Å². The van der Waals surface area contributed by atoms with Crippen LogP contribution in [0.2, 0.25) is 0 Å².